The summed E-state index contributed by atoms with van der Waals surface area (Å²) >= 11 is 8.05. The number of aromatic nitrogens is 1. The minimum absolute atomic E-state index is 0.00763. The van der Waals surface area contributed by atoms with Gasteiger partial charge in [0.1, 0.15) is 10.1 Å². The van der Waals surface area contributed by atoms with Crippen LogP contribution in [0.3, 0.4) is 0 Å². The number of sulfonamides is 1. The highest BCUT2D eigenvalue weighted by molar-refractivity contribution is 8.23. The molecule has 0 spiro atoms. The molecule has 0 unspecified atom stereocenters. The summed E-state index contributed by atoms with van der Waals surface area (Å²) in [5.41, 5.74) is 1.65. The number of thiazole rings is 1. The number of hydrogen-bond acceptors (Lipinski definition) is 9. The maximum absolute atomic E-state index is 12.4. The summed E-state index contributed by atoms with van der Waals surface area (Å²) in [6, 6.07) is 12.3. The Hall–Kier alpha value is -2.45. The first kappa shape index (κ1) is 24.7. The molecule has 180 valence electrons. The van der Waals surface area contributed by atoms with E-state index in [1.54, 1.807) is 13.2 Å². The van der Waals surface area contributed by atoms with Crippen LogP contribution in [-0.2, 0) is 14.8 Å². The molecule has 4 rings (SSSR count). The first-order chi connectivity index (χ1) is 16.2. The molecule has 1 aliphatic heterocycles. The van der Waals surface area contributed by atoms with E-state index in [-0.39, 0.29) is 16.6 Å². The third-order valence-electron chi connectivity index (χ3n) is 5.23. The zero-order valence-corrected chi connectivity index (χ0v) is 21.5. The number of carbonyl (C=O) groups is 1. The second-order valence-corrected chi connectivity index (χ2v) is 11.6. The molecule has 1 aromatic heterocycles. The van der Waals surface area contributed by atoms with Crippen molar-refractivity contribution in [2.75, 3.05) is 49.3 Å². The number of anilines is 2. The first-order valence-corrected chi connectivity index (χ1v) is 14.0. The third-order valence-corrected chi connectivity index (χ3v) is 8.59. The monoisotopic (exact) mass is 537 g/mol. The average molecular weight is 538 g/mol. The predicted octanol–water partition coefficient (Wildman–Crippen LogP) is 2.73. The Balaban J connectivity index is 1.28. The number of amides is 1. The lowest BCUT2D eigenvalue weighted by Gasteiger charge is -2.37. The van der Waals surface area contributed by atoms with Crippen LogP contribution in [0.15, 0.2) is 47.4 Å². The van der Waals surface area contributed by atoms with Crippen molar-refractivity contribution in [3.8, 4) is 5.75 Å². The number of rotatable bonds is 6. The number of carbonyl (C=O) groups excluding carboxylic acids is 1. The van der Waals surface area contributed by atoms with Gasteiger partial charge < -0.3 is 19.9 Å². The minimum Gasteiger partial charge on any atom is -0.495 e. The van der Waals surface area contributed by atoms with E-state index in [1.165, 1.54) is 35.2 Å². The number of nitrogens with two attached hydrogens (primary N) is 1. The molecule has 0 radical (unpaired) electrons. The van der Waals surface area contributed by atoms with Crippen molar-refractivity contribution in [1.82, 2.24) is 9.88 Å². The molecular formula is C21H23N5O4S4. The molecule has 3 N–H and O–H groups in total. The van der Waals surface area contributed by atoms with Crippen LogP contribution in [-0.4, -0.2) is 67.6 Å². The van der Waals surface area contributed by atoms with E-state index >= 15 is 0 Å². The summed E-state index contributed by atoms with van der Waals surface area (Å²) in [6.45, 7) is 3.13. The Morgan fingerprint density at radius 3 is 2.68 bits per heavy atom. The van der Waals surface area contributed by atoms with Crippen LogP contribution in [0.1, 0.15) is 0 Å². The van der Waals surface area contributed by atoms with Gasteiger partial charge in [-0.25, -0.2) is 18.5 Å². The Morgan fingerprint density at radius 2 is 1.97 bits per heavy atom. The zero-order valence-electron chi connectivity index (χ0n) is 18.3. The fraction of sp³-hybridized carbons (Fsp3) is 0.286. The fourth-order valence-corrected chi connectivity index (χ4v) is 6.12. The molecule has 0 saturated carbocycles. The third kappa shape index (κ3) is 5.78. The number of methoxy groups -OCH3 is 1. The zero-order chi connectivity index (χ0) is 24.3. The van der Waals surface area contributed by atoms with E-state index < -0.39 is 10.0 Å². The van der Waals surface area contributed by atoms with E-state index in [0.29, 0.717) is 19.7 Å². The molecule has 1 amide bonds. The van der Waals surface area contributed by atoms with Crippen LogP contribution in [0.5, 0.6) is 5.75 Å². The van der Waals surface area contributed by atoms with Gasteiger partial charge in [0.2, 0.25) is 15.9 Å². The van der Waals surface area contributed by atoms with Gasteiger partial charge in [-0.2, -0.15) is 0 Å². The number of para-hydroxylation sites is 2. The van der Waals surface area contributed by atoms with E-state index in [0.717, 1.165) is 37.6 Å². The van der Waals surface area contributed by atoms with E-state index in [1.807, 2.05) is 24.3 Å². The number of hydrogen-bond donors (Lipinski definition) is 2. The van der Waals surface area contributed by atoms with Gasteiger partial charge in [0.15, 0.2) is 5.13 Å². The van der Waals surface area contributed by atoms with Crippen LogP contribution in [0.4, 0.5) is 10.8 Å². The summed E-state index contributed by atoms with van der Waals surface area (Å²) in [4.78, 5) is 21.1. The molecule has 1 aliphatic rings. The number of nitrogens with zero attached hydrogens (tertiary/aromatic N) is 3. The van der Waals surface area contributed by atoms with Crippen molar-refractivity contribution in [3.05, 3.63) is 42.5 Å². The lowest BCUT2D eigenvalue weighted by atomic mass is 10.2. The van der Waals surface area contributed by atoms with Gasteiger partial charge in [0, 0.05) is 26.2 Å². The Kier molecular flexibility index (Phi) is 7.57. The first-order valence-electron chi connectivity index (χ1n) is 10.3. The second kappa shape index (κ2) is 10.4. The van der Waals surface area contributed by atoms with Crippen LogP contribution < -0.4 is 20.1 Å². The van der Waals surface area contributed by atoms with Gasteiger partial charge in [-0.1, -0.05) is 47.4 Å². The SMILES string of the molecule is COc1ccccc1N1CCN(C(=S)SCC(=O)Nc2nc3ccc(S(N)(=O)=O)cc3s2)CC1. The van der Waals surface area contributed by atoms with Gasteiger partial charge >= 0.3 is 0 Å². The normalized spacial score (nSPS) is 14.3. The highest BCUT2D eigenvalue weighted by Gasteiger charge is 2.22. The Morgan fingerprint density at radius 1 is 1.24 bits per heavy atom. The molecule has 9 nitrogen and oxygen atoms in total. The molecule has 0 atom stereocenters. The largest absolute Gasteiger partial charge is 0.495 e. The van der Waals surface area contributed by atoms with E-state index in [4.69, 9.17) is 22.1 Å². The molecule has 34 heavy (non-hydrogen) atoms. The van der Waals surface area contributed by atoms with Gasteiger partial charge in [0.25, 0.3) is 0 Å². The highest BCUT2D eigenvalue weighted by atomic mass is 32.2. The number of piperazine rings is 1. The molecular weight excluding hydrogens is 515 g/mol. The van der Waals surface area contributed by atoms with Gasteiger partial charge in [0.05, 0.1) is 33.7 Å². The number of fused-ring (bicyclic) bond motifs is 1. The molecule has 0 bridgehead atoms. The predicted molar refractivity (Wildman–Crippen MR) is 141 cm³/mol. The molecule has 0 aliphatic carbocycles. The van der Waals surface area contributed by atoms with Gasteiger partial charge in [-0.15, -0.1) is 0 Å². The van der Waals surface area contributed by atoms with Crippen LogP contribution in [0, 0.1) is 0 Å². The smallest absolute Gasteiger partial charge is 0.238 e. The van der Waals surface area contributed by atoms with Gasteiger partial charge in [-0.3, -0.25) is 4.79 Å². The standard InChI is InChI=1S/C21H23N5O4S4/c1-30-17-5-3-2-4-16(17)25-8-10-26(11-9-25)21(31)32-13-19(27)24-20-23-15-7-6-14(34(22,28)29)12-18(15)33-20/h2-7,12H,8-11,13H2,1H3,(H2,22,28,29)(H,23,24,27). The maximum Gasteiger partial charge on any atom is 0.238 e. The molecule has 1 saturated heterocycles. The molecule has 2 aromatic carbocycles. The number of thioether (sulfide) groups is 1. The number of ether oxygens (including phenoxy) is 1. The van der Waals surface area contributed by atoms with Crippen LogP contribution in [0.2, 0.25) is 0 Å². The van der Waals surface area contributed by atoms with Gasteiger partial charge in [-0.05, 0) is 30.3 Å². The summed E-state index contributed by atoms with van der Waals surface area (Å²) in [6.07, 6.45) is 0. The molecule has 1 fully saturated rings. The molecule has 2 heterocycles. The Bertz CT molecular complexity index is 1320. The van der Waals surface area contributed by atoms with E-state index in [9.17, 15) is 13.2 Å². The summed E-state index contributed by atoms with van der Waals surface area (Å²) in [5.74, 6) is 0.773. The maximum atomic E-state index is 12.4. The summed E-state index contributed by atoms with van der Waals surface area (Å²) < 4.78 is 29.8. The van der Waals surface area contributed by atoms with Crippen molar-refractivity contribution in [2.45, 2.75) is 4.90 Å². The summed E-state index contributed by atoms with van der Waals surface area (Å²) in [7, 11) is -2.13. The van der Waals surface area contributed by atoms with Crippen LogP contribution in [0.25, 0.3) is 10.2 Å². The summed E-state index contributed by atoms with van der Waals surface area (Å²) in [5, 5.41) is 8.32. The van der Waals surface area contributed by atoms with Crippen molar-refractivity contribution in [2.24, 2.45) is 5.14 Å². The number of thiocarbonyl (C=S) groups is 1. The number of nitrogens with one attached hydrogen (secondary N) is 1. The molecule has 13 heteroatoms. The highest BCUT2D eigenvalue weighted by Crippen LogP contribution is 2.30. The van der Waals surface area contributed by atoms with Crippen molar-refractivity contribution >= 4 is 76.6 Å². The topological polar surface area (TPSA) is 118 Å². The van der Waals surface area contributed by atoms with E-state index in [2.05, 4.69) is 20.1 Å². The number of primary sulfonamides is 1. The fourth-order valence-electron chi connectivity index (χ4n) is 3.53. The Labute approximate surface area is 211 Å². The van der Waals surface area contributed by atoms with Crippen molar-refractivity contribution in [1.29, 1.82) is 0 Å². The van der Waals surface area contributed by atoms with Crippen molar-refractivity contribution < 1.29 is 17.9 Å². The van der Waals surface area contributed by atoms with Crippen molar-refractivity contribution in [3.63, 3.8) is 0 Å². The quantitative estimate of drug-likeness (QED) is 0.458. The number of benzene rings is 2. The average Bonchev–Trinajstić information content (AvgIpc) is 3.23. The van der Waals surface area contributed by atoms with Crippen LogP contribution >= 0.6 is 35.3 Å². The minimum atomic E-state index is -3.80. The lowest BCUT2D eigenvalue weighted by molar-refractivity contribution is -0.113. The second-order valence-electron chi connectivity index (χ2n) is 7.44. The lowest BCUT2D eigenvalue weighted by Crippen LogP contribution is -2.47. The molecule has 3 aromatic rings.